The maximum atomic E-state index is 10.6. The number of rotatable bonds is 6. The van der Waals surface area contributed by atoms with Crippen molar-refractivity contribution in [2.45, 2.75) is 32.6 Å². The Labute approximate surface area is 76.7 Å². The van der Waals surface area contributed by atoms with Crippen LogP contribution in [0.4, 0.5) is 0 Å². The molecule has 1 atom stereocenters. The molecule has 0 aromatic heterocycles. The van der Waals surface area contributed by atoms with Crippen molar-refractivity contribution in [3.05, 3.63) is 0 Å². The number of carbonyl (C=O) groups excluding carboxylic acids is 1. The highest BCUT2D eigenvalue weighted by atomic mass is 16.5. The highest BCUT2D eigenvalue weighted by Crippen LogP contribution is 2.13. The summed E-state index contributed by atoms with van der Waals surface area (Å²) in [5.41, 5.74) is 1.47. The van der Waals surface area contributed by atoms with Crippen molar-refractivity contribution in [2.75, 3.05) is 0 Å². The van der Waals surface area contributed by atoms with Crippen LogP contribution in [0.25, 0.3) is 0 Å². The number of nitrogens with one attached hydrogen (secondary N) is 1. The molecule has 5 heteroatoms. The second kappa shape index (κ2) is 6.42. The van der Waals surface area contributed by atoms with Gasteiger partial charge in [0.2, 0.25) is 5.91 Å². The van der Waals surface area contributed by atoms with Crippen LogP contribution < -0.4 is 5.48 Å². The monoisotopic (exact) mass is 189 g/mol. The van der Waals surface area contributed by atoms with Crippen molar-refractivity contribution in [1.82, 2.24) is 5.48 Å². The summed E-state index contributed by atoms with van der Waals surface area (Å²) < 4.78 is 0. The Morgan fingerprint density at radius 1 is 1.38 bits per heavy atom. The number of carboxylic acids is 1. The van der Waals surface area contributed by atoms with Gasteiger partial charge in [-0.05, 0) is 12.8 Å². The molecule has 5 nitrogen and oxygen atoms in total. The molecule has 13 heavy (non-hydrogen) atoms. The molecule has 0 rings (SSSR count). The van der Waals surface area contributed by atoms with Crippen molar-refractivity contribution in [3.63, 3.8) is 0 Å². The van der Waals surface area contributed by atoms with E-state index in [4.69, 9.17) is 10.3 Å². The number of aliphatic carboxylic acids is 1. The largest absolute Gasteiger partial charge is 0.481 e. The van der Waals surface area contributed by atoms with Crippen molar-refractivity contribution in [3.8, 4) is 0 Å². The van der Waals surface area contributed by atoms with Gasteiger partial charge in [-0.3, -0.25) is 14.8 Å². The molecule has 0 aliphatic carbocycles. The van der Waals surface area contributed by atoms with Crippen molar-refractivity contribution in [1.29, 1.82) is 0 Å². The third kappa shape index (κ3) is 5.19. The standard InChI is InChI=1S/C8H15NO4/c1-2-3-6(8(11)12)4-5-7(10)9-13/h6,13H,2-5H2,1H3,(H,9,10)(H,11,12). The first-order chi connectivity index (χ1) is 6.11. The molecule has 3 N–H and O–H groups in total. The minimum atomic E-state index is -0.882. The van der Waals surface area contributed by atoms with E-state index >= 15 is 0 Å². The molecular formula is C8H15NO4. The molecule has 1 amide bonds. The van der Waals surface area contributed by atoms with E-state index in [2.05, 4.69) is 0 Å². The predicted molar refractivity (Wildman–Crippen MR) is 45.2 cm³/mol. The molecule has 0 aliphatic heterocycles. The number of carbonyl (C=O) groups is 2. The molecule has 0 saturated carbocycles. The Morgan fingerprint density at radius 3 is 2.38 bits per heavy atom. The van der Waals surface area contributed by atoms with Crippen molar-refractivity contribution >= 4 is 11.9 Å². The Kier molecular flexibility index (Phi) is 5.88. The number of amides is 1. The molecule has 0 heterocycles. The fourth-order valence-corrected chi connectivity index (χ4v) is 1.10. The van der Waals surface area contributed by atoms with Gasteiger partial charge in [0.1, 0.15) is 0 Å². The maximum Gasteiger partial charge on any atom is 0.306 e. The van der Waals surface area contributed by atoms with Crippen LogP contribution in [0, 0.1) is 5.92 Å². The Bertz CT molecular complexity index is 181. The molecule has 0 bridgehead atoms. The van der Waals surface area contributed by atoms with Gasteiger partial charge < -0.3 is 5.11 Å². The van der Waals surface area contributed by atoms with Crippen LogP contribution in [-0.2, 0) is 9.59 Å². The van der Waals surface area contributed by atoms with E-state index in [0.29, 0.717) is 6.42 Å². The number of carboxylic acid groups (broad SMARTS) is 1. The number of hydroxylamine groups is 1. The lowest BCUT2D eigenvalue weighted by Gasteiger charge is -2.09. The summed E-state index contributed by atoms with van der Waals surface area (Å²) in [6.45, 7) is 1.89. The minimum Gasteiger partial charge on any atom is -0.481 e. The van der Waals surface area contributed by atoms with E-state index in [1.807, 2.05) is 6.92 Å². The molecule has 1 unspecified atom stereocenters. The van der Waals surface area contributed by atoms with Gasteiger partial charge in [0.05, 0.1) is 5.92 Å². The minimum absolute atomic E-state index is 0.0491. The molecule has 0 spiro atoms. The van der Waals surface area contributed by atoms with Crippen molar-refractivity contribution in [2.24, 2.45) is 5.92 Å². The first-order valence-electron chi connectivity index (χ1n) is 4.27. The molecule has 0 fully saturated rings. The van der Waals surface area contributed by atoms with Crippen LogP contribution in [0.3, 0.4) is 0 Å². The highest BCUT2D eigenvalue weighted by Gasteiger charge is 2.17. The molecule has 0 aliphatic rings. The van der Waals surface area contributed by atoms with Gasteiger partial charge in [-0.1, -0.05) is 13.3 Å². The average Bonchev–Trinajstić information content (AvgIpc) is 2.11. The predicted octanol–water partition coefficient (Wildman–Crippen LogP) is 0.773. The zero-order chi connectivity index (χ0) is 10.3. The van der Waals surface area contributed by atoms with Gasteiger partial charge in [-0.2, -0.15) is 0 Å². The van der Waals surface area contributed by atoms with Crippen LogP contribution in [-0.4, -0.2) is 22.2 Å². The SMILES string of the molecule is CCCC(CCC(=O)NO)C(=O)O. The van der Waals surface area contributed by atoms with Gasteiger partial charge in [0, 0.05) is 6.42 Å². The van der Waals surface area contributed by atoms with E-state index < -0.39 is 17.8 Å². The van der Waals surface area contributed by atoms with Gasteiger partial charge in [-0.15, -0.1) is 0 Å². The third-order valence-corrected chi connectivity index (χ3v) is 1.83. The van der Waals surface area contributed by atoms with Crippen LogP contribution in [0.15, 0.2) is 0 Å². The van der Waals surface area contributed by atoms with E-state index in [9.17, 15) is 9.59 Å². The number of hydrogen-bond acceptors (Lipinski definition) is 3. The third-order valence-electron chi connectivity index (χ3n) is 1.83. The Morgan fingerprint density at radius 2 is 2.00 bits per heavy atom. The first kappa shape index (κ1) is 11.9. The Balaban J connectivity index is 3.82. The van der Waals surface area contributed by atoms with Crippen LogP contribution in [0.1, 0.15) is 32.6 Å². The molecule has 0 saturated heterocycles. The van der Waals surface area contributed by atoms with E-state index in [0.717, 1.165) is 6.42 Å². The van der Waals surface area contributed by atoms with Crippen LogP contribution >= 0.6 is 0 Å². The summed E-state index contributed by atoms with van der Waals surface area (Å²) in [6.07, 6.45) is 1.66. The molecule has 76 valence electrons. The van der Waals surface area contributed by atoms with Crippen LogP contribution in [0.2, 0.25) is 0 Å². The normalized spacial score (nSPS) is 12.2. The fraction of sp³-hybridized carbons (Fsp3) is 0.750. The lowest BCUT2D eigenvalue weighted by molar-refractivity contribution is -0.142. The van der Waals surface area contributed by atoms with Gasteiger partial charge in [0.15, 0.2) is 0 Å². The topological polar surface area (TPSA) is 86.6 Å². The zero-order valence-electron chi connectivity index (χ0n) is 7.62. The number of hydrogen-bond donors (Lipinski definition) is 3. The summed E-state index contributed by atoms with van der Waals surface area (Å²) >= 11 is 0. The van der Waals surface area contributed by atoms with Crippen LogP contribution in [0.5, 0.6) is 0 Å². The summed E-state index contributed by atoms with van der Waals surface area (Å²) in [4.78, 5) is 21.2. The fourth-order valence-electron chi connectivity index (χ4n) is 1.10. The van der Waals surface area contributed by atoms with E-state index in [1.54, 1.807) is 0 Å². The summed E-state index contributed by atoms with van der Waals surface area (Å²) in [7, 11) is 0. The summed E-state index contributed by atoms with van der Waals surface area (Å²) in [5.74, 6) is -1.91. The highest BCUT2D eigenvalue weighted by molar-refractivity contribution is 5.76. The lowest BCUT2D eigenvalue weighted by atomic mass is 9.98. The van der Waals surface area contributed by atoms with Crippen molar-refractivity contribution < 1.29 is 19.9 Å². The smallest absolute Gasteiger partial charge is 0.306 e. The molecular weight excluding hydrogens is 174 g/mol. The Hall–Kier alpha value is -1.10. The summed E-state index contributed by atoms with van der Waals surface area (Å²) in [6, 6.07) is 0. The first-order valence-corrected chi connectivity index (χ1v) is 4.27. The molecule has 0 aromatic carbocycles. The van der Waals surface area contributed by atoms with Gasteiger partial charge in [0.25, 0.3) is 0 Å². The van der Waals surface area contributed by atoms with Gasteiger partial charge >= 0.3 is 5.97 Å². The summed E-state index contributed by atoms with van der Waals surface area (Å²) in [5, 5.41) is 16.9. The second-order valence-electron chi connectivity index (χ2n) is 2.90. The lowest BCUT2D eigenvalue weighted by Crippen LogP contribution is -2.21. The molecule has 0 aromatic rings. The quantitative estimate of drug-likeness (QED) is 0.425. The van der Waals surface area contributed by atoms with Gasteiger partial charge in [-0.25, -0.2) is 5.48 Å². The molecule has 0 radical (unpaired) electrons. The van der Waals surface area contributed by atoms with E-state index in [1.165, 1.54) is 5.48 Å². The average molecular weight is 189 g/mol. The second-order valence-corrected chi connectivity index (χ2v) is 2.90. The van der Waals surface area contributed by atoms with E-state index in [-0.39, 0.29) is 12.8 Å². The maximum absolute atomic E-state index is 10.6. The zero-order valence-corrected chi connectivity index (χ0v) is 7.62.